The largest absolute Gasteiger partial charge is 0.320 e. The minimum Gasteiger partial charge on any atom is -0.320 e. The number of hydrogen-bond donors (Lipinski definition) is 4. The van der Waals surface area contributed by atoms with Crippen LogP contribution in [0.25, 0.3) is 0 Å². The van der Waals surface area contributed by atoms with Crippen molar-refractivity contribution >= 4 is 11.4 Å². The van der Waals surface area contributed by atoms with Gasteiger partial charge in [-0.15, -0.1) is 0 Å². The van der Waals surface area contributed by atoms with Crippen molar-refractivity contribution in [1.29, 1.82) is 0 Å². The fraction of sp³-hybridized carbons (Fsp3) is 0.250. The molecule has 5 nitrogen and oxygen atoms in total. The van der Waals surface area contributed by atoms with E-state index in [1.54, 1.807) is 26.2 Å². The molecule has 0 saturated carbocycles. The van der Waals surface area contributed by atoms with E-state index in [0.717, 1.165) is 0 Å². The molecule has 0 fully saturated rings. The van der Waals surface area contributed by atoms with Gasteiger partial charge in [-0.25, -0.2) is 10.9 Å². The molecule has 71 valence electrons. The highest BCUT2D eigenvalue weighted by Gasteiger charge is 2.06. The molecular weight excluding hydrogens is 168 g/mol. The highest BCUT2D eigenvalue weighted by Crippen LogP contribution is 2.30. The second kappa shape index (κ2) is 4.54. The molecule has 1 aromatic carbocycles. The molecule has 0 spiro atoms. The highest BCUT2D eigenvalue weighted by molar-refractivity contribution is 5.74. The zero-order valence-corrected chi connectivity index (χ0v) is 7.64. The monoisotopic (exact) mass is 181 g/mol. The Balaban J connectivity index is 2.95. The number of hydrazine groups is 2. The molecule has 1 rings (SSSR count). The van der Waals surface area contributed by atoms with E-state index in [4.69, 9.17) is 0 Å². The Labute approximate surface area is 77.1 Å². The van der Waals surface area contributed by atoms with Crippen LogP contribution < -0.4 is 21.7 Å². The normalized spacial score (nSPS) is 9.69. The van der Waals surface area contributed by atoms with Gasteiger partial charge in [0.2, 0.25) is 5.75 Å². The van der Waals surface area contributed by atoms with Gasteiger partial charge in [0.05, 0.1) is 5.69 Å². The Bertz CT molecular complexity index is 277. The van der Waals surface area contributed by atoms with E-state index in [0.29, 0.717) is 11.4 Å². The predicted octanol–water partition coefficient (Wildman–Crippen LogP) is 0.923. The van der Waals surface area contributed by atoms with Crippen molar-refractivity contribution in [3.05, 3.63) is 18.2 Å². The summed E-state index contributed by atoms with van der Waals surface area (Å²) in [5.41, 5.74) is 12.3. The molecule has 0 aliphatic heterocycles. The molecule has 0 aromatic heterocycles. The Morgan fingerprint density at radius 2 is 1.77 bits per heavy atom. The van der Waals surface area contributed by atoms with E-state index in [2.05, 4.69) is 21.7 Å². The number of benzene rings is 1. The lowest BCUT2D eigenvalue weighted by Crippen LogP contribution is -2.20. The molecule has 0 saturated heterocycles. The number of anilines is 2. The van der Waals surface area contributed by atoms with Crippen LogP contribution in [0.1, 0.15) is 0 Å². The van der Waals surface area contributed by atoms with Gasteiger partial charge in [0, 0.05) is 14.1 Å². The molecule has 13 heavy (non-hydrogen) atoms. The molecule has 0 unspecified atom stereocenters. The SMILES string of the molecule is CNNc1cccc([O])c1NNC. The Hall–Kier alpha value is -1.46. The van der Waals surface area contributed by atoms with E-state index >= 15 is 0 Å². The van der Waals surface area contributed by atoms with Gasteiger partial charge in [0.25, 0.3) is 0 Å². The highest BCUT2D eigenvalue weighted by atomic mass is 16.3. The van der Waals surface area contributed by atoms with Crippen molar-refractivity contribution in [3.8, 4) is 5.75 Å². The first-order chi connectivity index (χ1) is 6.29. The predicted molar refractivity (Wildman–Crippen MR) is 51.9 cm³/mol. The van der Waals surface area contributed by atoms with Crippen LogP contribution in [-0.2, 0) is 5.11 Å². The maximum Gasteiger partial charge on any atom is 0.205 e. The van der Waals surface area contributed by atoms with Crippen LogP contribution in [0.4, 0.5) is 11.4 Å². The third-order valence-corrected chi connectivity index (χ3v) is 1.54. The summed E-state index contributed by atoms with van der Waals surface area (Å²) >= 11 is 0. The van der Waals surface area contributed by atoms with Crippen LogP contribution in [-0.4, -0.2) is 14.1 Å². The van der Waals surface area contributed by atoms with Gasteiger partial charge in [0.15, 0.2) is 0 Å². The summed E-state index contributed by atoms with van der Waals surface area (Å²) < 4.78 is 0. The van der Waals surface area contributed by atoms with Gasteiger partial charge < -0.3 is 10.9 Å². The average molecular weight is 181 g/mol. The molecule has 0 amide bonds. The van der Waals surface area contributed by atoms with Gasteiger partial charge in [-0.05, 0) is 12.1 Å². The number of para-hydroxylation sites is 1. The number of rotatable bonds is 4. The summed E-state index contributed by atoms with van der Waals surface area (Å²) in [6, 6.07) is 5.00. The summed E-state index contributed by atoms with van der Waals surface area (Å²) in [6.45, 7) is 0. The van der Waals surface area contributed by atoms with Crippen LogP contribution in [0.3, 0.4) is 0 Å². The zero-order valence-electron chi connectivity index (χ0n) is 7.64. The first kappa shape index (κ1) is 9.63. The van der Waals surface area contributed by atoms with Crippen molar-refractivity contribution in [2.75, 3.05) is 24.9 Å². The zero-order chi connectivity index (χ0) is 9.68. The minimum atomic E-state index is -0.0606. The molecule has 1 aromatic rings. The first-order valence-corrected chi connectivity index (χ1v) is 3.95. The Kier molecular flexibility index (Phi) is 3.36. The number of nitrogens with one attached hydrogen (secondary N) is 4. The second-order valence-electron chi connectivity index (χ2n) is 2.43. The maximum atomic E-state index is 11.3. The van der Waals surface area contributed by atoms with E-state index in [-0.39, 0.29) is 5.75 Å². The third kappa shape index (κ3) is 2.24. The molecule has 0 heterocycles. The van der Waals surface area contributed by atoms with Gasteiger partial charge in [-0.1, -0.05) is 6.07 Å². The fourth-order valence-electron chi connectivity index (χ4n) is 1.02. The molecule has 0 aliphatic carbocycles. The molecule has 0 bridgehead atoms. The quantitative estimate of drug-likeness (QED) is 0.521. The fourth-order valence-corrected chi connectivity index (χ4v) is 1.02. The van der Waals surface area contributed by atoms with Crippen LogP contribution in [0.15, 0.2) is 18.2 Å². The lowest BCUT2D eigenvalue weighted by atomic mass is 10.2. The van der Waals surface area contributed by atoms with Crippen LogP contribution in [0.5, 0.6) is 5.75 Å². The van der Waals surface area contributed by atoms with Crippen molar-refractivity contribution in [2.45, 2.75) is 0 Å². The van der Waals surface area contributed by atoms with Gasteiger partial charge in [-0.3, -0.25) is 5.11 Å². The van der Waals surface area contributed by atoms with Gasteiger partial charge in [0.1, 0.15) is 5.69 Å². The van der Waals surface area contributed by atoms with E-state index in [1.807, 2.05) is 0 Å². The Morgan fingerprint density at radius 3 is 2.38 bits per heavy atom. The third-order valence-electron chi connectivity index (χ3n) is 1.54. The molecule has 4 N–H and O–H groups in total. The lowest BCUT2D eigenvalue weighted by Gasteiger charge is -2.12. The molecule has 5 heteroatoms. The minimum absolute atomic E-state index is 0.0606. The van der Waals surface area contributed by atoms with Crippen molar-refractivity contribution in [3.63, 3.8) is 0 Å². The van der Waals surface area contributed by atoms with Crippen LogP contribution in [0, 0.1) is 0 Å². The van der Waals surface area contributed by atoms with Crippen molar-refractivity contribution in [1.82, 2.24) is 10.9 Å². The van der Waals surface area contributed by atoms with Gasteiger partial charge >= 0.3 is 0 Å². The van der Waals surface area contributed by atoms with Crippen molar-refractivity contribution < 1.29 is 5.11 Å². The average Bonchev–Trinajstić information content (AvgIpc) is 2.11. The summed E-state index contributed by atoms with van der Waals surface area (Å²) in [6.07, 6.45) is 0. The standard InChI is InChI=1S/C8H13N4O/c1-9-11-6-4-3-5-7(13)8(6)12-10-2/h3-5,9-12H,1-2H3. The van der Waals surface area contributed by atoms with Crippen molar-refractivity contribution in [2.24, 2.45) is 0 Å². The summed E-state index contributed by atoms with van der Waals surface area (Å²) in [5, 5.41) is 11.3. The molecule has 1 radical (unpaired) electrons. The summed E-state index contributed by atoms with van der Waals surface area (Å²) in [5.74, 6) is -0.0606. The lowest BCUT2D eigenvalue weighted by molar-refractivity contribution is 0.356. The summed E-state index contributed by atoms with van der Waals surface area (Å²) in [4.78, 5) is 0. The maximum absolute atomic E-state index is 11.3. The van der Waals surface area contributed by atoms with E-state index in [9.17, 15) is 5.11 Å². The molecule has 0 aliphatic rings. The van der Waals surface area contributed by atoms with Crippen LogP contribution in [0.2, 0.25) is 0 Å². The second-order valence-corrected chi connectivity index (χ2v) is 2.43. The first-order valence-electron chi connectivity index (χ1n) is 3.95. The molecular formula is C8H13N4O. The number of hydrogen-bond acceptors (Lipinski definition) is 4. The van der Waals surface area contributed by atoms with Gasteiger partial charge in [-0.2, -0.15) is 0 Å². The van der Waals surface area contributed by atoms with E-state index in [1.165, 1.54) is 6.07 Å². The topological polar surface area (TPSA) is 68.0 Å². The van der Waals surface area contributed by atoms with Crippen LogP contribution >= 0.6 is 0 Å². The van der Waals surface area contributed by atoms with E-state index < -0.39 is 0 Å². The molecule has 0 atom stereocenters. The Morgan fingerprint density at radius 1 is 1.08 bits per heavy atom. The summed E-state index contributed by atoms with van der Waals surface area (Å²) in [7, 11) is 3.44. The smallest absolute Gasteiger partial charge is 0.205 e.